The SMILES string of the molecule is NC1CCC(COC(=O)[C@@H]2CCCN2C(=O)NC(=O)CC(c2ccccc2)c2ccccc2)CC1. The van der Waals surface area contributed by atoms with Crippen LogP contribution in [0.5, 0.6) is 0 Å². The number of nitrogens with zero attached hydrogens (tertiary/aromatic N) is 1. The second-order valence-electron chi connectivity index (χ2n) is 9.69. The molecule has 1 atom stereocenters. The van der Waals surface area contributed by atoms with Crippen molar-refractivity contribution in [1.29, 1.82) is 0 Å². The predicted octanol–water partition coefficient (Wildman–Crippen LogP) is 3.97. The lowest BCUT2D eigenvalue weighted by Crippen LogP contribution is -2.48. The molecular weight excluding hydrogens is 442 g/mol. The zero-order valence-corrected chi connectivity index (χ0v) is 20.1. The van der Waals surface area contributed by atoms with Crippen LogP contribution >= 0.6 is 0 Å². The molecule has 1 aliphatic heterocycles. The zero-order chi connectivity index (χ0) is 24.6. The van der Waals surface area contributed by atoms with Gasteiger partial charge in [-0.1, -0.05) is 60.7 Å². The van der Waals surface area contributed by atoms with Crippen molar-refractivity contribution in [1.82, 2.24) is 10.2 Å². The third kappa shape index (κ3) is 6.69. The predicted molar refractivity (Wildman–Crippen MR) is 134 cm³/mol. The number of esters is 1. The van der Waals surface area contributed by atoms with Crippen LogP contribution in [0.2, 0.25) is 0 Å². The summed E-state index contributed by atoms with van der Waals surface area (Å²) < 4.78 is 5.58. The first kappa shape index (κ1) is 24.9. The van der Waals surface area contributed by atoms with Gasteiger partial charge in [0.25, 0.3) is 0 Å². The van der Waals surface area contributed by atoms with Gasteiger partial charge in [-0.15, -0.1) is 0 Å². The quantitative estimate of drug-likeness (QED) is 0.588. The van der Waals surface area contributed by atoms with E-state index in [2.05, 4.69) is 5.32 Å². The minimum Gasteiger partial charge on any atom is -0.464 e. The van der Waals surface area contributed by atoms with Gasteiger partial charge in [-0.3, -0.25) is 10.1 Å². The van der Waals surface area contributed by atoms with Gasteiger partial charge in [-0.05, 0) is 55.6 Å². The summed E-state index contributed by atoms with van der Waals surface area (Å²) >= 11 is 0. The first-order chi connectivity index (χ1) is 17.0. The summed E-state index contributed by atoms with van der Waals surface area (Å²) in [5.74, 6) is -0.596. The highest BCUT2D eigenvalue weighted by atomic mass is 16.5. The minimum atomic E-state index is -0.646. The Morgan fingerprint density at radius 3 is 2.11 bits per heavy atom. The van der Waals surface area contributed by atoms with Gasteiger partial charge in [0.1, 0.15) is 6.04 Å². The maximum Gasteiger partial charge on any atom is 0.328 e. The van der Waals surface area contributed by atoms with E-state index >= 15 is 0 Å². The lowest BCUT2D eigenvalue weighted by atomic mass is 9.87. The van der Waals surface area contributed by atoms with Crippen molar-refractivity contribution in [2.75, 3.05) is 13.2 Å². The Bertz CT molecular complexity index is 950. The van der Waals surface area contributed by atoms with E-state index in [1.807, 2.05) is 60.7 Å². The summed E-state index contributed by atoms with van der Waals surface area (Å²) in [6.45, 7) is 0.796. The number of urea groups is 1. The maximum atomic E-state index is 12.9. The van der Waals surface area contributed by atoms with Crippen LogP contribution in [0.4, 0.5) is 4.79 Å². The molecule has 2 aromatic rings. The highest BCUT2D eigenvalue weighted by molar-refractivity contribution is 5.96. The monoisotopic (exact) mass is 477 g/mol. The van der Waals surface area contributed by atoms with Crippen LogP contribution in [0.15, 0.2) is 60.7 Å². The molecule has 0 bridgehead atoms. The van der Waals surface area contributed by atoms with E-state index in [9.17, 15) is 14.4 Å². The van der Waals surface area contributed by atoms with Gasteiger partial charge >= 0.3 is 12.0 Å². The lowest BCUT2D eigenvalue weighted by molar-refractivity contribution is -0.150. The Hall–Kier alpha value is -3.19. The van der Waals surface area contributed by atoms with Crippen molar-refractivity contribution >= 4 is 17.9 Å². The summed E-state index contributed by atoms with van der Waals surface area (Å²) in [4.78, 5) is 40.0. The minimum absolute atomic E-state index is 0.131. The van der Waals surface area contributed by atoms with Crippen molar-refractivity contribution in [2.24, 2.45) is 11.7 Å². The van der Waals surface area contributed by atoms with Crippen LogP contribution in [-0.2, 0) is 14.3 Å². The topological polar surface area (TPSA) is 102 Å². The van der Waals surface area contributed by atoms with Gasteiger partial charge in [-0.25, -0.2) is 9.59 Å². The number of hydrogen-bond acceptors (Lipinski definition) is 5. The smallest absolute Gasteiger partial charge is 0.328 e. The Balaban J connectivity index is 1.33. The van der Waals surface area contributed by atoms with E-state index < -0.39 is 12.1 Å². The van der Waals surface area contributed by atoms with Gasteiger partial charge in [-0.2, -0.15) is 0 Å². The first-order valence-corrected chi connectivity index (χ1v) is 12.6. The first-order valence-electron chi connectivity index (χ1n) is 12.6. The van der Waals surface area contributed by atoms with Crippen molar-refractivity contribution in [2.45, 2.75) is 62.9 Å². The van der Waals surface area contributed by atoms with Crippen molar-refractivity contribution in [3.8, 4) is 0 Å². The highest BCUT2D eigenvalue weighted by Gasteiger charge is 2.36. The molecule has 1 saturated heterocycles. The number of nitrogens with two attached hydrogens (primary N) is 1. The second kappa shape index (κ2) is 12.0. The summed E-state index contributed by atoms with van der Waals surface area (Å²) in [5.41, 5.74) is 7.97. The van der Waals surface area contributed by atoms with E-state index in [1.165, 1.54) is 4.90 Å². The summed E-state index contributed by atoms with van der Waals surface area (Å²) in [6, 6.07) is 18.6. The number of rotatable bonds is 7. The van der Waals surface area contributed by atoms with E-state index in [-0.39, 0.29) is 30.3 Å². The Labute approximate surface area is 207 Å². The van der Waals surface area contributed by atoms with Gasteiger partial charge in [0.2, 0.25) is 5.91 Å². The number of imide groups is 1. The molecule has 0 radical (unpaired) electrons. The third-order valence-electron chi connectivity index (χ3n) is 7.18. The molecule has 7 nitrogen and oxygen atoms in total. The molecule has 2 fully saturated rings. The molecule has 4 rings (SSSR count). The molecule has 3 N–H and O–H groups in total. The van der Waals surface area contributed by atoms with E-state index in [1.54, 1.807) is 0 Å². The molecular formula is C28H35N3O4. The van der Waals surface area contributed by atoms with Crippen LogP contribution in [0, 0.1) is 5.92 Å². The van der Waals surface area contributed by atoms with E-state index in [4.69, 9.17) is 10.5 Å². The molecule has 1 heterocycles. The normalized spacial score (nSPS) is 22.1. The van der Waals surface area contributed by atoms with E-state index in [0.717, 1.165) is 36.8 Å². The highest BCUT2D eigenvalue weighted by Crippen LogP contribution is 2.28. The van der Waals surface area contributed by atoms with Crippen molar-refractivity contribution in [3.63, 3.8) is 0 Å². The number of likely N-dealkylation sites (tertiary alicyclic amines) is 1. The summed E-state index contributed by atoms with van der Waals surface area (Å²) in [7, 11) is 0. The van der Waals surface area contributed by atoms with Gasteiger partial charge in [0, 0.05) is 24.9 Å². The molecule has 7 heteroatoms. The molecule has 0 spiro atoms. The fourth-order valence-corrected chi connectivity index (χ4v) is 5.13. The molecule has 35 heavy (non-hydrogen) atoms. The van der Waals surface area contributed by atoms with Crippen LogP contribution in [-0.4, -0.2) is 48.0 Å². The number of carbonyl (C=O) groups excluding carboxylic acids is 3. The van der Waals surface area contributed by atoms with Gasteiger partial charge in [0.15, 0.2) is 0 Å². The molecule has 186 valence electrons. The number of nitrogens with one attached hydrogen (secondary N) is 1. The van der Waals surface area contributed by atoms with Crippen LogP contribution in [0.1, 0.15) is 62.0 Å². The fourth-order valence-electron chi connectivity index (χ4n) is 5.13. The van der Waals surface area contributed by atoms with Crippen molar-refractivity contribution in [3.05, 3.63) is 71.8 Å². The molecule has 0 aromatic heterocycles. The lowest BCUT2D eigenvalue weighted by Gasteiger charge is -2.27. The zero-order valence-electron chi connectivity index (χ0n) is 20.1. The fraction of sp³-hybridized carbons (Fsp3) is 0.464. The van der Waals surface area contributed by atoms with Gasteiger partial charge in [0.05, 0.1) is 6.61 Å². The van der Waals surface area contributed by atoms with Crippen molar-refractivity contribution < 1.29 is 19.1 Å². The van der Waals surface area contributed by atoms with Crippen LogP contribution < -0.4 is 11.1 Å². The Morgan fingerprint density at radius 2 is 1.51 bits per heavy atom. The molecule has 2 aliphatic rings. The number of hydrogen-bond donors (Lipinski definition) is 2. The van der Waals surface area contributed by atoms with Crippen LogP contribution in [0.3, 0.4) is 0 Å². The van der Waals surface area contributed by atoms with Crippen LogP contribution in [0.25, 0.3) is 0 Å². The Morgan fingerprint density at radius 1 is 0.914 bits per heavy atom. The largest absolute Gasteiger partial charge is 0.464 e. The maximum absolute atomic E-state index is 12.9. The Kier molecular flexibility index (Phi) is 8.53. The molecule has 2 aromatic carbocycles. The second-order valence-corrected chi connectivity index (χ2v) is 9.69. The number of benzene rings is 2. The number of amides is 3. The molecule has 3 amide bonds. The molecule has 1 aliphatic carbocycles. The number of ether oxygens (including phenoxy) is 1. The number of carbonyl (C=O) groups is 3. The van der Waals surface area contributed by atoms with E-state index in [0.29, 0.717) is 31.9 Å². The third-order valence-corrected chi connectivity index (χ3v) is 7.18. The summed E-state index contributed by atoms with van der Waals surface area (Å²) in [6.07, 6.45) is 5.21. The average Bonchev–Trinajstić information content (AvgIpc) is 3.38. The molecule has 1 saturated carbocycles. The molecule has 0 unspecified atom stereocenters. The summed E-state index contributed by atoms with van der Waals surface area (Å²) in [5, 5.41) is 2.51. The van der Waals surface area contributed by atoms with Gasteiger partial charge < -0.3 is 15.4 Å². The average molecular weight is 478 g/mol. The standard InChI is InChI=1S/C28H35N3O4/c29-23-15-13-20(14-16-23)19-35-27(33)25-12-7-17-31(25)28(34)30-26(32)18-24(21-8-3-1-4-9-21)22-10-5-2-6-11-22/h1-6,8-11,20,23-25H,7,12-19,29H2,(H,30,32,34)/t20?,23?,25-/m0/s1.